The van der Waals surface area contributed by atoms with Crippen molar-refractivity contribution in [1.29, 1.82) is 0 Å². The number of epoxide rings is 1. The largest absolute Gasteiger partial charge is 0.478 e. The van der Waals surface area contributed by atoms with Gasteiger partial charge in [-0.05, 0) is 68.7 Å². The summed E-state index contributed by atoms with van der Waals surface area (Å²) in [4.78, 5) is 37.9. The Kier molecular flexibility index (Phi) is 3.96. The summed E-state index contributed by atoms with van der Waals surface area (Å²) in [6.45, 7) is 5.99. The van der Waals surface area contributed by atoms with Crippen LogP contribution >= 0.6 is 0 Å². The van der Waals surface area contributed by atoms with E-state index < -0.39 is 28.6 Å². The van der Waals surface area contributed by atoms with Gasteiger partial charge in [0.1, 0.15) is 5.60 Å². The molecule has 1 spiro atoms. The maximum Gasteiger partial charge on any atom is 0.375 e. The Bertz CT molecular complexity index is 1130. The molecule has 0 radical (unpaired) electrons. The third kappa shape index (κ3) is 2.27. The van der Waals surface area contributed by atoms with Crippen molar-refractivity contribution in [1.82, 2.24) is 0 Å². The molecule has 2 heterocycles. The van der Waals surface area contributed by atoms with Crippen molar-refractivity contribution in [2.45, 2.75) is 63.8 Å². The Labute approximate surface area is 191 Å². The van der Waals surface area contributed by atoms with Crippen LogP contribution in [0, 0.1) is 28.6 Å². The highest BCUT2D eigenvalue weighted by Gasteiger charge is 2.83. The van der Waals surface area contributed by atoms with Gasteiger partial charge in [-0.15, -0.1) is 0 Å². The normalized spacial score (nSPS) is 47.0. The molecule has 3 saturated carbocycles. The van der Waals surface area contributed by atoms with E-state index in [1.807, 2.05) is 19.9 Å². The minimum absolute atomic E-state index is 0.000306. The van der Waals surface area contributed by atoms with Crippen LogP contribution in [-0.4, -0.2) is 40.1 Å². The summed E-state index contributed by atoms with van der Waals surface area (Å²) >= 11 is 0. The summed E-state index contributed by atoms with van der Waals surface area (Å²) in [5.74, 6) is -2.09. The average Bonchev–Trinajstić information content (AvgIpc) is 3.14. The van der Waals surface area contributed by atoms with E-state index in [1.54, 1.807) is 18.2 Å². The molecule has 1 N–H and O–H groups in total. The maximum atomic E-state index is 12.9. The minimum atomic E-state index is -1.67. The van der Waals surface area contributed by atoms with Crippen molar-refractivity contribution in [3.63, 3.8) is 0 Å². The Hall–Kier alpha value is -2.67. The molecular formula is C26H28O7. The lowest BCUT2D eigenvalue weighted by Gasteiger charge is -2.55. The van der Waals surface area contributed by atoms with Gasteiger partial charge in [0.2, 0.25) is 11.4 Å². The maximum absolute atomic E-state index is 12.9. The number of carbonyl (C=O) groups excluding carboxylic acids is 2. The summed E-state index contributed by atoms with van der Waals surface area (Å²) in [7, 11) is 0. The van der Waals surface area contributed by atoms with Crippen molar-refractivity contribution >= 4 is 17.7 Å². The topological polar surface area (TPSA) is 106 Å². The van der Waals surface area contributed by atoms with E-state index in [1.165, 1.54) is 12.3 Å². The van der Waals surface area contributed by atoms with E-state index in [0.717, 1.165) is 18.4 Å². The molecule has 1 aliphatic heterocycles. The fourth-order valence-electron chi connectivity index (χ4n) is 8.28. The second kappa shape index (κ2) is 6.26. The lowest BCUT2D eigenvalue weighted by molar-refractivity contribution is -0.185. The van der Waals surface area contributed by atoms with E-state index in [4.69, 9.17) is 13.9 Å². The van der Waals surface area contributed by atoms with Crippen molar-refractivity contribution in [3.05, 3.63) is 48.0 Å². The molecule has 1 unspecified atom stereocenters. The fraction of sp³-hybridized carbons (Fsp3) is 0.577. The molecule has 33 heavy (non-hydrogen) atoms. The number of esters is 1. The Morgan fingerprint density at radius 1 is 1.24 bits per heavy atom. The minimum Gasteiger partial charge on any atom is -0.478 e. The number of carboxylic acid groups (broad SMARTS) is 1. The number of aliphatic carboxylic acids is 1. The number of carbonyl (C=O) groups is 3. The van der Waals surface area contributed by atoms with Crippen molar-refractivity contribution < 1.29 is 33.4 Å². The molecule has 8 atom stereocenters. The average molecular weight is 453 g/mol. The smallest absolute Gasteiger partial charge is 0.375 e. The zero-order valence-corrected chi connectivity index (χ0v) is 19.0. The number of allylic oxidation sites excluding steroid dienone is 2. The van der Waals surface area contributed by atoms with Crippen LogP contribution < -0.4 is 0 Å². The standard InChI is InChI=1S/C26H28O7/c1-14-11-18-17-7-6-15-12-16(27)8-9-23(15,2)26(17)20(32-26)13-24(18,3)25(14,22(29)30)33-21(28)19-5-4-10-31-19/h4-5,8-10,12,14,17-18,20H,6-7,11,13H2,1-3H3,(H,29,30)/t14-,17+,18+,20?,23+,24+,25+,26+/m1/s1. The van der Waals surface area contributed by atoms with E-state index in [9.17, 15) is 19.5 Å². The number of carboxylic acids is 1. The van der Waals surface area contributed by atoms with Gasteiger partial charge in [-0.2, -0.15) is 0 Å². The molecule has 0 aromatic carbocycles. The first-order chi connectivity index (χ1) is 15.6. The quantitative estimate of drug-likeness (QED) is 0.547. The van der Waals surface area contributed by atoms with Crippen molar-refractivity contribution in [3.8, 4) is 0 Å². The second-order valence-electron chi connectivity index (χ2n) is 10.9. The fourth-order valence-corrected chi connectivity index (χ4v) is 8.28. The van der Waals surface area contributed by atoms with E-state index in [0.29, 0.717) is 12.8 Å². The van der Waals surface area contributed by atoms with E-state index in [2.05, 4.69) is 6.92 Å². The summed E-state index contributed by atoms with van der Waals surface area (Å²) in [5, 5.41) is 10.5. The molecule has 4 fully saturated rings. The van der Waals surface area contributed by atoms with Gasteiger partial charge in [0, 0.05) is 16.7 Å². The first kappa shape index (κ1) is 20.9. The van der Waals surface area contributed by atoms with Gasteiger partial charge >= 0.3 is 11.9 Å². The summed E-state index contributed by atoms with van der Waals surface area (Å²) < 4.78 is 17.6. The van der Waals surface area contributed by atoms with Gasteiger partial charge in [0.25, 0.3) is 0 Å². The predicted molar refractivity (Wildman–Crippen MR) is 115 cm³/mol. The molecule has 5 aliphatic rings. The number of hydrogen-bond acceptors (Lipinski definition) is 6. The summed E-state index contributed by atoms with van der Waals surface area (Å²) in [6.07, 6.45) is 9.33. The highest BCUT2D eigenvalue weighted by atomic mass is 16.6. The summed E-state index contributed by atoms with van der Waals surface area (Å²) in [6, 6.07) is 3.07. The van der Waals surface area contributed by atoms with Crippen LogP contribution in [0.4, 0.5) is 0 Å². The van der Waals surface area contributed by atoms with Crippen LogP contribution in [0.25, 0.3) is 0 Å². The highest BCUT2D eigenvalue weighted by Crippen LogP contribution is 2.76. The molecule has 1 aromatic rings. The predicted octanol–water partition coefficient (Wildman–Crippen LogP) is 3.95. The number of furan rings is 1. The van der Waals surface area contributed by atoms with Crippen LogP contribution in [0.15, 0.2) is 46.6 Å². The zero-order chi connectivity index (χ0) is 23.4. The molecule has 6 rings (SSSR count). The van der Waals surface area contributed by atoms with Gasteiger partial charge in [-0.3, -0.25) is 4.79 Å². The van der Waals surface area contributed by atoms with Gasteiger partial charge in [-0.1, -0.05) is 25.5 Å². The van der Waals surface area contributed by atoms with Gasteiger partial charge in [-0.25, -0.2) is 9.59 Å². The van der Waals surface area contributed by atoms with Crippen LogP contribution in [0.2, 0.25) is 0 Å². The molecule has 174 valence electrons. The van der Waals surface area contributed by atoms with Crippen molar-refractivity contribution in [2.75, 3.05) is 0 Å². The lowest BCUT2D eigenvalue weighted by Crippen LogP contribution is -2.63. The monoisotopic (exact) mass is 452 g/mol. The molecule has 4 aliphatic carbocycles. The molecule has 7 nitrogen and oxygen atoms in total. The summed E-state index contributed by atoms with van der Waals surface area (Å²) in [5.41, 5.74) is -2.16. The number of hydrogen-bond donors (Lipinski definition) is 1. The SMILES string of the molecule is C[C@@H]1C[C@H]2[C@@H]3CCC4=CC(=O)C=C[C@]4(C)[C@]34OC4C[C@]2(C)[C@@]1(OC(=O)c1ccco1)C(=O)O. The third-order valence-electron chi connectivity index (χ3n) is 9.77. The number of ether oxygens (including phenoxy) is 2. The number of ketones is 1. The van der Waals surface area contributed by atoms with Crippen molar-refractivity contribution in [2.24, 2.45) is 28.6 Å². The first-order valence-electron chi connectivity index (χ1n) is 11.7. The zero-order valence-electron chi connectivity index (χ0n) is 19.0. The van der Waals surface area contributed by atoms with Gasteiger partial charge < -0.3 is 19.0 Å². The van der Waals surface area contributed by atoms with Crippen LogP contribution in [0.5, 0.6) is 0 Å². The first-order valence-corrected chi connectivity index (χ1v) is 11.7. The molecular weight excluding hydrogens is 424 g/mol. The lowest BCUT2D eigenvalue weighted by atomic mass is 9.47. The molecule has 0 amide bonds. The van der Waals surface area contributed by atoms with Gasteiger partial charge in [0.05, 0.1) is 12.4 Å². The second-order valence-corrected chi connectivity index (χ2v) is 10.9. The number of fused-ring (bicyclic) bond motifs is 3. The molecule has 0 bridgehead atoms. The number of rotatable bonds is 3. The highest BCUT2D eigenvalue weighted by molar-refractivity contribution is 6.01. The van der Waals surface area contributed by atoms with Crippen LogP contribution in [-0.2, 0) is 19.1 Å². The Morgan fingerprint density at radius 2 is 2.03 bits per heavy atom. The molecule has 1 aromatic heterocycles. The van der Waals surface area contributed by atoms with Crippen LogP contribution in [0.1, 0.15) is 57.0 Å². The van der Waals surface area contributed by atoms with Gasteiger partial charge in [0.15, 0.2) is 5.78 Å². The third-order valence-corrected chi connectivity index (χ3v) is 9.77. The molecule has 1 saturated heterocycles. The Balaban J connectivity index is 1.42. The molecule has 7 heteroatoms. The van der Waals surface area contributed by atoms with Crippen LogP contribution in [0.3, 0.4) is 0 Å². The van der Waals surface area contributed by atoms with E-state index in [-0.39, 0.29) is 40.8 Å². The van der Waals surface area contributed by atoms with E-state index >= 15 is 0 Å². The Morgan fingerprint density at radius 3 is 2.73 bits per heavy atom.